The van der Waals surface area contributed by atoms with Gasteiger partial charge in [0.1, 0.15) is 5.75 Å². The minimum Gasteiger partial charge on any atom is -0.496 e. The van der Waals surface area contributed by atoms with Crippen LogP contribution in [0.4, 0.5) is 0 Å². The van der Waals surface area contributed by atoms with E-state index in [1.54, 1.807) is 7.11 Å². The van der Waals surface area contributed by atoms with Crippen LogP contribution in [0.5, 0.6) is 5.75 Å². The highest BCUT2D eigenvalue weighted by atomic mass is 35.7. The molecule has 0 radical (unpaired) electrons. The first-order valence-electron chi connectivity index (χ1n) is 3.07. The molecule has 0 unspecified atom stereocenters. The van der Waals surface area contributed by atoms with E-state index in [1.807, 2.05) is 18.2 Å². The van der Waals surface area contributed by atoms with E-state index in [0.29, 0.717) is 0 Å². The molecule has 0 fully saturated rings. The Morgan fingerprint density at radius 1 is 1.25 bits per heavy atom. The Hall–Kier alpha value is 0.300. The molecule has 0 aliphatic carbocycles. The molecule has 5 heteroatoms. The molecule has 0 saturated carbocycles. The summed E-state index contributed by atoms with van der Waals surface area (Å²) in [6, 6.07) is 5.62. The molecule has 0 bridgehead atoms. The first-order chi connectivity index (χ1) is 5.81. The van der Waals surface area contributed by atoms with Crippen molar-refractivity contribution < 1.29 is 4.74 Å². The second kappa shape index (κ2) is 5.12. The molecular formula is C7H6Cl2OS2. The maximum Gasteiger partial charge on any atom is 0.134 e. The quantitative estimate of drug-likeness (QED) is 0.785. The zero-order valence-corrected chi connectivity index (χ0v) is 9.36. The van der Waals surface area contributed by atoms with Crippen molar-refractivity contribution in [2.24, 2.45) is 0 Å². The molecule has 0 aromatic heterocycles. The Morgan fingerprint density at radius 2 is 2.00 bits per heavy atom. The monoisotopic (exact) mass is 240 g/mol. The van der Waals surface area contributed by atoms with Crippen molar-refractivity contribution in [2.75, 3.05) is 7.11 Å². The second-order valence-corrected chi connectivity index (χ2v) is 4.11. The van der Waals surface area contributed by atoms with Crippen molar-refractivity contribution in [3.8, 4) is 5.75 Å². The fraction of sp³-hybridized carbons (Fsp3) is 0.143. The van der Waals surface area contributed by atoms with Crippen molar-refractivity contribution in [2.45, 2.75) is 9.79 Å². The minimum atomic E-state index is 0.751. The average Bonchev–Trinajstić information content (AvgIpc) is 2.16. The normalized spacial score (nSPS) is 9.92. The summed E-state index contributed by atoms with van der Waals surface area (Å²) in [6.07, 6.45) is 0. The van der Waals surface area contributed by atoms with Crippen LogP contribution in [-0.2, 0) is 0 Å². The predicted molar refractivity (Wildman–Crippen MR) is 56.4 cm³/mol. The summed E-state index contributed by atoms with van der Waals surface area (Å²) in [4.78, 5) is 1.84. The Morgan fingerprint density at radius 3 is 2.50 bits per heavy atom. The van der Waals surface area contributed by atoms with Gasteiger partial charge >= 0.3 is 0 Å². The molecule has 0 aliphatic rings. The smallest absolute Gasteiger partial charge is 0.134 e. The third kappa shape index (κ3) is 2.39. The van der Waals surface area contributed by atoms with Crippen LogP contribution in [0.3, 0.4) is 0 Å². The average molecular weight is 241 g/mol. The first-order valence-corrected chi connectivity index (χ1v) is 6.35. The number of benzene rings is 1. The molecule has 0 aliphatic heterocycles. The van der Waals surface area contributed by atoms with Crippen molar-refractivity contribution in [1.82, 2.24) is 0 Å². The molecular weight excluding hydrogens is 235 g/mol. The highest BCUT2D eigenvalue weighted by Crippen LogP contribution is 2.35. The number of hydrogen-bond acceptors (Lipinski definition) is 3. The zero-order valence-electron chi connectivity index (χ0n) is 6.21. The molecule has 0 amide bonds. The van der Waals surface area contributed by atoms with Gasteiger partial charge in [-0.25, -0.2) is 0 Å². The van der Waals surface area contributed by atoms with Gasteiger partial charge in [-0.05, 0) is 61.5 Å². The lowest BCUT2D eigenvalue weighted by molar-refractivity contribution is 0.404. The molecule has 1 aromatic carbocycles. The molecule has 12 heavy (non-hydrogen) atoms. The van der Waals surface area contributed by atoms with Gasteiger partial charge in [0.15, 0.2) is 0 Å². The molecule has 1 nitrogen and oxygen atoms in total. The van der Waals surface area contributed by atoms with Gasteiger partial charge in [0.05, 0.1) is 12.0 Å². The number of ether oxygens (including phenoxy) is 1. The third-order valence-corrected chi connectivity index (χ3v) is 3.28. The Balaban J connectivity index is 3.02. The van der Waals surface area contributed by atoms with Crippen molar-refractivity contribution >= 4 is 43.3 Å². The van der Waals surface area contributed by atoms with Gasteiger partial charge in [-0.2, -0.15) is 0 Å². The Labute approximate surface area is 88.8 Å². The first kappa shape index (κ1) is 10.4. The van der Waals surface area contributed by atoms with E-state index >= 15 is 0 Å². The maximum atomic E-state index is 5.60. The van der Waals surface area contributed by atoms with Gasteiger partial charge in [-0.15, -0.1) is 0 Å². The lowest BCUT2D eigenvalue weighted by atomic mass is 10.3. The van der Waals surface area contributed by atoms with Crippen LogP contribution in [0.2, 0.25) is 0 Å². The summed E-state index contributed by atoms with van der Waals surface area (Å²) in [5.74, 6) is 0.751. The Kier molecular flexibility index (Phi) is 4.43. The SMILES string of the molecule is COc1cc(SCl)ccc1SCl. The van der Waals surface area contributed by atoms with Gasteiger partial charge in [0, 0.05) is 4.90 Å². The number of halogens is 2. The van der Waals surface area contributed by atoms with Crippen molar-refractivity contribution in [1.29, 1.82) is 0 Å². The van der Waals surface area contributed by atoms with Gasteiger partial charge in [-0.3, -0.25) is 0 Å². The number of methoxy groups -OCH3 is 1. The largest absolute Gasteiger partial charge is 0.496 e. The van der Waals surface area contributed by atoms with Crippen LogP contribution in [0.25, 0.3) is 0 Å². The summed E-state index contributed by atoms with van der Waals surface area (Å²) in [5, 5.41) is 0. The number of rotatable bonds is 3. The molecule has 0 heterocycles. The zero-order chi connectivity index (χ0) is 8.97. The number of hydrogen-bond donors (Lipinski definition) is 0. The second-order valence-electron chi connectivity index (χ2n) is 1.97. The molecule has 66 valence electrons. The van der Waals surface area contributed by atoms with E-state index in [2.05, 4.69) is 0 Å². The van der Waals surface area contributed by atoms with Crippen molar-refractivity contribution in [3.63, 3.8) is 0 Å². The highest BCUT2D eigenvalue weighted by molar-refractivity contribution is 8.21. The molecule has 0 spiro atoms. The lowest BCUT2D eigenvalue weighted by Crippen LogP contribution is -1.84. The van der Waals surface area contributed by atoms with Crippen LogP contribution in [-0.4, -0.2) is 7.11 Å². The summed E-state index contributed by atoms with van der Waals surface area (Å²) in [5.41, 5.74) is 0. The standard InChI is InChI=1S/C7H6Cl2OS2/c1-10-6-4-5(11-8)2-3-7(6)12-9/h2-4H,1H3. The van der Waals surface area contributed by atoms with E-state index in [4.69, 9.17) is 26.1 Å². The summed E-state index contributed by atoms with van der Waals surface area (Å²) >= 11 is 0. The van der Waals surface area contributed by atoms with Crippen LogP contribution in [0, 0.1) is 0 Å². The van der Waals surface area contributed by atoms with E-state index in [0.717, 1.165) is 37.5 Å². The lowest BCUT2D eigenvalue weighted by Gasteiger charge is -2.05. The van der Waals surface area contributed by atoms with E-state index < -0.39 is 0 Å². The van der Waals surface area contributed by atoms with E-state index in [-0.39, 0.29) is 0 Å². The van der Waals surface area contributed by atoms with Gasteiger partial charge in [0.25, 0.3) is 0 Å². The summed E-state index contributed by atoms with van der Waals surface area (Å²) < 4.78 is 5.10. The molecule has 0 atom stereocenters. The summed E-state index contributed by atoms with van der Waals surface area (Å²) in [7, 11) is 15.1. The van der Waals surface area contributed by atoms with Crippen LogP contribution in [0.15, 0.2) is 28.0 Å². The Bertz CT molecular complexity index is 268. The topological polar surface area (TPSA) is 9.23 Å². The van der Waals surface area contributed by atoms with Crippen molar-refractivity contribution in [3.05, 3.63) is 18.2 Å². The van der Waals surface area contributed by atoms with Gasteiger partial charge in [-0.1, -0.05) is 0 Å². The van der Waals surface area contributed by atoms with Gasteiger partial charge in [0.2, 0.25) is 0 Å². The minimum absolute atomic E-state index is 0.751. The van der Waals surface area contributed by atoms with Crippen LogP contribution >= 0.6 is 43.3 Å². The van der Waals surface area contributed by atoms with Gasteiger partial charge < -0.3 is 4.74 Å². The fourth-order valence-corrected chi connectivity index (χ4v) is 2.04. The third-order valence-electron chi connectivity index (χ3n) is 1.31. The van der Waals surface area contributed by atoms with E-state index in [9.17, 15) is 0 Å². The summed E-state index contributed by atoms with van der Waals surface area (Å²) in [6.45, 7) is 0. The van der Waals surface area contributed by atoms with E-state index in [1.165, 1.54) is 0 Å². The highest BCUT2D eigenvalue weighted by Gasteiger charge is 2.03. The predicted octanol–water partition coefficient (Wildman–Crippen LogP) is 4.19. The molecule has 0 N–H and O–H groups in total. The molecule has 1 aromatic rings. The van der Waals surface area contributed by atoms with Crippen LogP contribution in [0.1, 0.15) is 0 Å². The fourth-order valence-electron chi connectivity index (χ4n) is 0.760. The van der Waals surface area contributed by atoms with Crippen LogP contribution < -0.4 is 4.74 Å². The maximum absolute atomic E-state index is 5.60. The molecule has 1 rings (SSSR count). The molecule has 0 saturated heterocycles.